The van der Waals surface area contributed by atoms with Crippen molar-refractivity contribution in [2.45, 2.75) is 25.7 Å². The Hall–Kier alpha value is -2.41. The summed E-state index contributed by atoms with van der Waals surface area (Å²) in [6.45, 7) is 0.175. The Morgan fingerprint density at radius 3 is 2.42 bits per heavy atom. The van der Waals surface area contributed by atoms with E-state index in [1.165, 1.54) is 0 Å². The zero-order valence-electron chi connectivity index (χ0n) is 13.6. The van der Waals surface area contributed by atoms with Crippen molar-refractivity contribution in [3.8, 4) is 0 Å². The van der Waals surface area contributed by atoms with Gasteiger partial charge in [-0.3, -0.25) is 14.4 Å². The number of methoxy groups -OCH3 is 1. The number of rotatable bonds is 9. The van der Waals surface area contributed by atoms with Crippen LogP contribution in [-0.4, -0.2) is 43.2 Å². The van der Waals surface area contributed by atoms with Crippen LogP contribution >= 0.6 is 0 Å². The van der Waals surface area contributed by atoms with E-state index >= 15 is 0 Å². The van der Waals surface area contributed by atoms with Crippen LogP contribution in [0.15, 0.2) is 24.3 Å². The molecule has 0 aliphatic heterocycles. The molecule has 1 aliphatic carbocycles. The van der Waals surface area contributed by atoms with Gasteiger partial charge in [-0.15, -0.1) is 0 Å². The molecule has 3 N–H and O–H groups in total. The Kier molecular flexibility index (Phi) is 5.92. The summed E-state index contributed by atoms with van der Waals surface area (Å²) in [5.74, 6) is -1.43. The number of benzene rings is 1. The van der Waals surface area contributed by atoms with E-state index in [1.807, 2.05) is 0 Å². The number of aliphatic carboxylic acids is 1. The molecule has 1 saturated carbocycles. The first kappa shape index (κ1) is 17.9. The van der Waals surface area contributed by atoms with Crippen molar-refractivity contribution in [1.29, 1.82) is 0 Å². The summed E-state index contributed by atoms with van der Waals surface area (Å²) < 4.78 is 5.05. The second-order valence-electron chi connectivity index (χ2n) is 6.02. The molecule has 1 aromatic carbocycles. The summed E-state index contributed by atoms with van der Waals surface area (Å²) in [6, 6.07) is 6.96. The third-order valence-corrected chi connectivity index (χ3v) is 4.13. The topological polar surface area (TPSA) is 105 Å². The van der Waals surface area contributed by atoms with E-state index in [0.717, 1.165) is 24.8 Å². The minimum Gasteiger partial charge on any atom is -0.480 e. The van der Waals surface area contributed by atoms with E-state index in [4.69, 9.17) is 9.84 Å². The van der Waals surface area contributed by atoms with E-state index in [-0.39, 0.29) is 23.7 Å². The lowest BCUT2D eigenvalue weighted by molar-refractivity contribution is -0.137. The molecule has 24 heavy (non-hydrogen) atoms. The van der Waals surface area contributed by atoms with Gasteiger partial charge in [-0.1, -0.05) is 12.1 Å². The molecule has 0 saturated heterocycles. The Morgan fingerprint density at radius 2 is 1.88 bits per heavy atom. The Morgan fingerprint density at radius 1 is 1.21 bits per heavy atom. The summed E-state index contributed by atoms with van der Waals surface area (Å²) >= 11 is 0. The Labute approximate surface area is 140 Å². The van der Waals surface area contributed by atoms with E-state index in [2.05, 4.69) is 10.6 Å². The second-order valence-corrected chi connectivity index (χ2v) is 6.02. The quantitative estimate of drug-likeness (QED) is 0.629. The van der Waals surface area contributed by atoms with Crippen LogP contribution in [0.25, 0.3) is 0 Å². The zero-order valence-corrected chi connectivity index (χ0v) is 13.6. The van der Waals surface area contributed by atoms with Crippen molar-refractivity contribution >= 4 is 23.5 Å². The van der Waals surface area contributed by atoms with Crippen LogP contribution in [0, 0.1) is 5.41 Å². The molecule has 1 aromatic rings. The molecule has 7 heteroatoms. The van der Waals surface area contributed by atoms with E-state index in [9.17, 15) is 14.4 Å². The zero-order chi connectivity index (χ0) is 17.6. The van der Waals surface area contributed by atoms with Crippen LogP contribution in [0.4, 0.5) is 5.69 Å². The van der Waals surface area contributed by atoms with Gasteiger partial charge < -0.3 is 20.5 Å². The summed E-state index contributed by atoms with van der Waals surface area (Å²) in [5, 5.41) is 13.7. The fraction of sp³-hybridized carbons (Fsp3) is 0.471. The summed E-state index contributed by atoms with van der Waals surface area (Å²) in [5.41, 5.74) is 1.13. The van der Waals surface area contributed by atoms with Gasteiger partial charge in [-0.2, -0.15) is 0 Å². The van der Waals surface area contributed by atoms with Gasteiger partial charge in [0.05, 0.1) is 11.8 Å². The van der Waals surface area contributed by atoms with Gasteiger partial charge in [0, 0.05) is 19.4 Å². The molecule has 0 atom stereocenters. The first-order valence-corrected chi connectivity index (χ1v) is 7.83. The molecule has 1 fully saturated rings. The fourth-order valence-electron chi connectivity index (χ4n) is 2.43. The number of anilines is 1. The van der Waals surface area contributed by atoms with Gasteiger partial charge >= 0.3 is 5.97 Å². The van der Waals surface area contributed by atoms with Gasteiger partial charge in [0.2, 0.25) is 11.8 Å². The molecule has 130 valence electrons. The highest BCUT2D eigenvalue weighted by atomic mass is 16.5. The average molecular weight is 334 g/mol. The molecule has 7 nitrogen and oxygen atoms in total. The highest BCUT2D eigenvalue weighted by Crippen LogP contribution is 2.49. The van der Waals surface area contributed by atoms with Gasteiger partial charge in [0.25, 0.3) is 0 Å². The Balaban J connectivity index is 1.85. The molecular formula is C17H22N2O5. The molecule has 1 aliphatic rings. The largest absolute Gasteiger partial charge is 0.480 e. The van der Waals surface area contributed by atoms with Crippen molar-refractivity contribution in [2.24, 2.45) is 5.41 Å². The maximum atomic E-state index is 12.3. The van der Waals surface area contributed by atoms with Crippen molar-refractivity contribution in [3.05, 3.63) is 29.8 Å². The normalized spacial score (nSPS) is 14.7. The molecule has 0 radical (unpaired) electrons. The van der Waals surface area contributed by atoms with Gasteiger partial charge in [-0.25, -0.2) is 0 Å². The molecular weight excluding hydrogens is 312 g/mol. The van der Waals surface area contributed by atoms with Crippen molar-refractivity contribution in [3.63, 3.8) is 0 Å². The maximum Gasteiger partial charge on any atom is 0.322 e. The van der Waals surface area contributed by atoms with Gasteiger partial charge in [0.15, 0.2) is 0 Å². The number of carboxylic acid groups (broad SMARTS) is 1. The standard InChI is InChI=1S/C17H22N2O5/c1-24-9-8-17(6-7-17)16(23)19-13-4-2-12(3-5-13)10-14(20)18-11-15(21)22/h2-5H,6-11H2,1H3,(H,18,20)(H,19,23)(H,21,22). The summed E-state index contributed by atoms with van der Waals surface area (Å²) in [4.78, 5) is 34.3. The van der Waals surface area contributed by atoms with E-state index < -0.39 is 12.5 Å². The van der Waals surface area contributed by atoms with Crippen LogP contribution in [-0.2, 0) is 25.5 Å². The molecule has 0 aromatic heterocycles. The van der Waals surface area contributed by atoms with Gasteiger partial charge in [0.1, 0.15) is 6.54 Å². The van der Waals surface area contributed by atoms with Crippen molar-refractivity contribution in [1.82, 2.24) is 5.32 Å². The summed E-state index contributed by atoms with van der Waals surface area (Å²) in [6.07, 6.45) is 2.57. The van der Waals surface area contributed by atoms with Crippen LogP contribution in [0.5, 0.6) is 0 Å². The Bertz CT molecular complexity index is 608. The fourth-order valence-corrected chi connectivity index (χ4v) is 2.43. The maximum absolute atomic E-state index is 12.3. The molecule has 0 spiro atoms. The van der Waals surface area contributed by atoms with Gasteiger partial charge in [-0.05, 0) is 37.0 Å². The third-order valence-electron chi connectivity index (χ3n) is 4.13. The third kappa shape index (κ3) is 5.06. The predicted molar refractivity (Wildman–Crippen MR) is 87.6 cm³/mol. The molecule has 0 unspecified atom stereocenters. The number of carbonyl (C=O) groups excluding carboxylic acids is 2. The average Bonchev–Trinajstić information content (AvgIpc) is 3.34. The highest BCUT2D eigenvalue weighted by molar-refractivity contribution is 5.97. The first-order chi connectivity index (χ1) is 11.4. The lowest BCUT2D eigenvalue weighted by Gasteiger charge is -2.15. The molecule has 0 bridgehead atoms. The second kappa shape index (κ2) is 7.92. The number of hydrogen-bond donors (Lipinski definition) is 3. The van der Waals surface area contributed by atoms with Crippen LogP contribution < -0.4 is 10.6 Å². The number of carbonyl (C=O) groups is 3. The van der Waals surface area contributed by atoms with Crippen LogP contribution in [0.3, 0.4) is 0 Å². The number of carboxylic acids is 1. The number of ether oxygens (including phenoxy) is 1. The molecule has 0 heterocycles. The SMILES string of the molecule is COCCC1(C(=O)Nc2ccc(CC(=O)NCC(=O)O)cc2)CC1. The lowest BCUT2D eigenvalue weighted by Crippen LogP contribution is -2.30. The number of nitrogens with one attached hydrogen (secondary N) is 2. The molecule has 2 rings (SSSR count). The number of amides is 2. The smallest absolute Gasteiger partial charge is 0.322 e. The lowest BCUT2D eigenvalue weighted by atomic mass is 10.0. The predicted octanol–water partition coefficient (Wildman–Crippen LogP) is 1.19. The minimum atomic E-state index is -1.08. The summed E-state index contributed by atoms with van der Waals surface area (Å²) in [7, 11) is 1.62. The van der Waals surface area contributed by atoms with Crippen LogP contribution in [0.2, 0.25) is 0 Å². The highest BCUT2D eigenvalue weighted by Gasteiger charge is 2.49. The minimum absolute atomic E-state index is 0.00602. The van der Waals surface area contributed by atoms with E-state index in [1.54, 1.807) is 31.4 Å². The number of hydrogen-bond acceptors (Lipinski definition) is 4. The monoisotopic (exact) mass is 334 g/mol. The van der Waals surface area contributed by atoms with E-state index in [0.29, 0.717) is 12.3 Å². The van der Waals surface area contributed by atoms with Crippen LogP contribution in [0.1, 0.15) is 24.8 Å². The van der Waals surface area contributed by atoms with Crippen molar-refractivity contribution < 1.29 is 24.2 Å². The molecule has 2 amide bonds. The first-order valence-electron chi connectivity index (χ1n) is 7.83. The van der Waals surface area contributed by atoms with Crippen molar-refractivity contribution in [2.75, 3.05) is 25.6 Å².